The molecule has 0 saturated heterocycles. The maximum atomic E-state index is 14.0. The van der Waals surface area contributed by atoms with Gasteiger partial charge in [0.2, 0.25) is 0 Å². The Kier molecular flexibility index (Phi) is 8.89. The molecular formula is C30H26BrFN2O4. The fraction of sp³-hybridized carbons (Fsp3) is 0.133. The summed E-state index contributed by atoms with van der Waals surface area (Å²) >= 11 is 3.49. The van der Waals surface area contributed by atoms with E-state index in [1.165, 1.54) is 12.3 Å². The van der Waals surface area contributed by atoms with Crippen molar-refractivity contribution in [2.24, 2.45) is 5.10 Å². The molecule has 0 aromatic heterocycles. The highest BCUT2D eigenvalue weighted by atomic mass is 79.9. The van der Waals surface area contributed by atoms with Crippen LogP contribution >= 0.6 is 15.9 Å². The topological polar surface area (TPSA) is 80.2 Å². The van der Waals surface area contributed by atoms with Crippen LogP contribution in [0.1, 0.15) is 29.2 Å². The Morgan fingerprint density at radius 2 is 1.58 bits per heavy atom. The average Bonchev–Trinajstić information content (AvgIpc) is 2.94. The van der Waals surface area contributed by atoms with Crippen LogP contribution in [0.2, 0.25) is 0 Å². The Balaban J connectivity index is 1.55. The predicted octanol–water partition coefficient (Wildman–Crippen LogP) is 5.95. The van der Waals surface area contributed by atoms with E-state index >= 15 is 0 Å². The van der Waals surface area contributed by atoms with E-state index in [1.54, 1.807) is 78.9 Å². The number of carbonyl (C=O) groups is 1. The molecule has 0 spiro atoms. The van der Waals surface area contributed by atoms with E-state index in [9.17, 15) is 14.3 Å². The van der Waals surface area contributed by atoms with Gasteiger partial charge in [-0.3, -0.25) is 4.79 Å². The van der Waals surface area contributed by atoms with Gasteiger partial charge in [-0.1, -0.05) is 78.9 Å². The van der Waals surface area contributed by atoms with Gasteiger partial charge in [0.1, 0.15) is 12.4 Å². The van der Waals surface area contributed by atoms with Crippen LogP contribution in [0, 0.1) is 5.82 Å². The average molecular weight is 577 g/mol. The summed E-state index contributed by atoms with van der Waals surface area (Å²) in [6, 6.07) is 27.2. The first-order valence-electron chi connectivity index (χ1n) is 11.9. The molecular weight excluding hydrogens is 551 g/mol. The van der Waals surface area contributed by atoms with E-state index in [0.717, 1.165) is 0 Å². The van der Waals surface area contributed by atoms with Crippen molar-refractivity contribution in [3.63, 3.8) is 0 Å². The standard InChI is InChI=1S/C30H26BrFN2O4/c1-2-37-27-18-21(17-25(31)28(27)38-20-22-11-9-10-16-26(22)32)19-33-34-29(35)30(36,23-12-5-3-6-13-23)24-14-7-4-8-15-24/h3-19,36H,2,20H2,1H3,(H,34,35)/b33-19-. The lowest BCUT2D eigenvalue weighted by Gasteiger charge is -2.27. The maximum Gasteiger partial charge on any atom is 0.281 e. The van der Waals surface area contributed by atoms with Gasteiger partial charge in [0.25, 0.3) is 5.91 Å². The molecule has 194 valence electrons. The first kappa shape index (κ1) is 27.0. The number of halogens is 2. The molecule has 6 nitrogen and oxygen atoms in total. The van der Waals surface area contributed by atoms with Crippen molar-refractivity contribution in [3.8, 4) is 11.5 Å². The normalized spacial score (nSPS) is 11.4. The summed E-state index contributed by atoms with van der Waals surface area (Å²) in [6.45, 7) is 2.23. The summed E-state index contributed by atoms with van der Waals surface area (Å²) in [6.07, 6.45) is 1.43. The Labute approximate surface area is 228 Å². The highest BCUT2D eigenvalue weighted by Gasteiger charge is 2.39. The van der Waals surface area contributed by atoms with E-state index in [4.69, 9.17) is 9.47 Å². The van der Waals surface area contributed by atoms with E-state index < -0.39 is 11.5 Å². The summed E-state index contributed by atoms with van der Waals surface area (Å²) in [5.74, 6) is -0.220. The second-order valence-electron chi connectivity index (χ2n) is 8.28. The largest absolute Gasteiger partial charge is 0.490 e. The molecule has 0 aliphatic rings. The van der Waals surface area contributed by atoms with Gasteiger partial charge in [0.05, 0.1) is 17.3 Å². The second-order valence-corrected chi connectivity index (χ2v) is 9.14. The van der Waals surface area contributed by atoms with Crippen LogP contribution in [0.3, 0.4) is 0 Å². The molecule has 0 bridgehead atoms. The number of ether oxygens (including phenoxy) is 2. The van der Waals surface area contributed by atoms with Crippen molar-refractivity contribution >= 4 is 28.1 Å². The van der Waals surface area contributed by atoms with Crippen LogP contribution in [0.5, 0.6) is 11.5 Å². The molecule has 4 aromatic rings. The fourth-order valence-electron chi connectivity index (χ4n) is 3.86. The summed E-state index contributed by atoms with van der Waals surface area (Å²) < 4.78 is 26.2. The van der Waals surface area contributed by atoms with Crippen molar-refractivity contribution in [2.45, 2.75) is 19.1 Å². The molecule has 0 radical (unpaired) electrons. The van der Waals surface area contributed by atoms with Gasteiger partial charge in [-0.05, 0) is 57.7 Å². The Morgan fingerprint density at radius 1 is 0.974 bits per heavy atom. The van der Waals surface area contributed by atoms with Crippen molar-refractivity contribution in [1.82, 2.24) is 5.43 Å². The molecule has 4 rings (SSSR count). The summed E-state index contributed by atoms with van der Waals surface area (Å²) in [4.78, 5) is 13.2. The molecule has 38 heavy (non-hydrogen) atoms. The van der Waals surface area contributed by atoms with Gasteiger partial charge in [-0.2, -0.15) is 5.10 Å². The third-order valence-corrected chi connectivity index (χ3v) is 6.34. The van der Waals surface area contributed by atoms with E-state index in [-0.39, 0.29) is 12.4 Å². The Morgan fingerprint density at radius 3 is 2.18 bits per heavy atom. The third kappa shape index (κ3) is 6.10. The minimum atomic E-state index is -1.94. The first-order chi connectivity index (χ1) is 18.4. The van der Waals surface area contributed by atoms with Gasteiger partial charge in [-0.15, -0.1) is 0 Å². The van der Waals surface area contributed by atoms with Crippen LogP contribution in [0.25, 0.3) is 0 Å². The lowest BCUT2D eigenvalue weighted by atomic mass is 9.85. The van der Waals surface area contributed by atoms with Crippen LogP contribution in [0.15, 0.2) is 107 Å². The number of benzene rings is 4. The van der Waals surface area contributed by atoms with Crippen LogP contribution in [-0.4, -0.2) is 23.8 Å². The van der Waals surface area contributed by atoms with Crippen molar-refractivity contribution in [3.05, 3.63) is 130 Å². The molecule has 8 heteroatoms. The smallest absolute Gasteiger partial charge is 0.281 e. The number of amides is 1. The molecule has 0 atom stereocenters. The van der Waals surface area contributed by atoms with E-state index in [0.29, 0.717) is 44.8 Å². The van der Waals surface area contributed by atoms with Gasteiger partial charge in [0.15, 0.2) is 17.1 Å². The Hall–Kier alpha value is -4.01. The molecule has 0 unspecified atom stereocenters. The number of hydrogen-bond donors (Lipinski definition) is 2. The third-order valence-electron chi connectivity index (χ3n) is 5.75. The molecule has 0 heterocycles. The fourth-order valence-corrected chi connectivity index (χ4v) is 4.44. The van der Waals surface area contributed by atoms with Crippen molar-refractivity contribution in [2.75, 3.05) is 6.61 Å². The highest BCUT2D eigenvalue weighted by Crippen LogP contribution is 2.37. The minimum Gasteiger partial charge on any atom is -0.490 e. The number of aliphatic hydroxyl groups is 1. The van der Waals surface area contributed by atoms with E-state index in [1.807, 2.05) is 19.1 Å². The zero-order valence-electron chi connectivity index (χ0n) is 20.6. The van der Waals surface area contributed by atoms with E-state index in [2.05, 4.69) is 26.5 Å². The molecule has 0 fully saturated rings. The zero-order chi connectivity index (χ0) is 27.0. The van der Waals surface area contributed by atoms with Gasteiger partial charge < -0.3 is 14.6 Å². The lowest BCUT2D eigenvalue weighted by molar-refractivity contribution is -0.136. The molecule has 1 amide bonds. The summed E-state index contributed by atoms with van der Waals surface area (Å²) in [5.41, 5.74) is 2.36. The first-order valence-corrected chi connectivity index (χ1v) is 12.7. The summed E-state index contributed by atoms with van der Waals surface area (Å²) in [5, 5.41) is 15.6. The number of carbonyl (C=O) groups excluding carboxylic acids is 1. The zero-order valence-corrected chi connectivity index (χ0v) is 22.2. The molecule has 0 saturated carbocycles. The van der Waals surface area contributed by atoms with Crippen LogP contribution in [-0.2, 0) is 17.0 Å². The van der Waals surface area contributed by atoms with Gasteiger partial charge in [-0.25, -0.2) is 9.82 Å². The second kappa shape index (κ2) is 12.5. The number of nitrogens with one attached hydrogen (secondary N) is 1. The SMILES string of the molecule is CCOc1cc(/C=N\NC(=O)C(O)(c2ccccc2)c2ccccc2)cc(Br)c1OCc1ccccc1F. The molecule has 0 aliphatic heterocycles. The van der Waals surface area contributed by atoms with Gasteiger partial charge >= 0.3 is 0 Å². The number of hydrogen-bond acceptors (Lipinski definition) is 5. The molecule has 2 N–H and O–H groups in total. The Bertz CT molecular complexity index is 1380. The number of rotatable bonds is 10. The minimum absolute atomic E-state index is 0.0202. The van der Waals surface area contributed by atoms with Gasteiger partial charge in [0, 0.05) is 5.56 Å². The van der Waals surface area contributed by atoms with Crippen molar-refractivity contribution < 1.29 is 23.8 Å². The number of hydrazone groups is 1. The van der Waals surface area contributed by atoms with Crippen LogP contribution in [0.4, 0.5) is 4.39 Å². The van der Waals surface area contributed by atoms with Crippen LogP contribution < -0.4 is 14.9 Å². The molecule has 0 aliphatic carbocycles. The quantitative estimate of drug-likeness (QED) is 0.180. The number of nitrogens with zero attached hydrogens (tertiary/aromatic N) is 1. The summed E-state index contributed by atoms with van der Waals surface area (Å²) in [7, 11) is 0. The highest BCUT2D eigenvalue weighted by molar-refractivity contribution is 9.10. The predicted molar refractivity (Wildman–Crippen MR) is 148 cm³/mol. The monoisotopic (exact) mass is 576 g/mol. The lowest BCUT2D eigenvalue weighted by Crippen LogP contribution is -2.43. The van der Waals surface area contributed by atoms with Crippen molar-refractivity contribution in [1.29, 1.82) is 0 Å². The maximum absolute atomic E-state index is 14.0. The molecule has 4 aromatic carbocycles.